The van der Waals surface area contributed by atoms with Crippen LogP contribution in [0, 0.1) is 0 Å². The highest BCUT2D eigenvalue weighted by Crippen LogP contribution is 2.26. The Morgan fingerprint density at radius 3 is 1.79 bits per heavy atom. The molecule has 0 unspecified atom stereocenters. The molecule has 0 atom stereocenters. The number of rotatable bonds is 7. The van der Waals surface area contributed by atoms with Crippen molar-refractivity contribution in [1.82, 2.24) is 9.55 Å². The van der Waals surface area contributed by atoms with Gasteiger partial charge in [-0.15, -0.1) is 0 Å². The summed E-state index contributed by atoms with van der Waals surface area (Å²) in [5.74, 6) is 0.917. The number of hydrogen-bond donors (Lipinski definition) is 0. The molecular formula is C30H24N2O2. The first-order valence-electron chi connectivity index (χ1n) is 11.3. The average Bonchev–Trinajstić information content (AvgIpc) is 2.91. The zero-order valence-corrected chi connectivity index (χ0v) is 18.7. The monoisotopic (exact) mass is 444 g/mol. The van der Waals surface area contributed by atoms with Gasteiger partial charge >= 0.3 is 0 Å². The van der Waals surface area contributed by atoms with Gasteiger partial charge in [-0.2, -0.15) is 4.98 Å². The van der Waals surface area contributed by atoms with Crippen LogP contribution in [-0.2, 0) is 13.0 Å². The minimum absolute atomic E-state index is 0.132. The van der Waals surface area contributed by atoms with Crippen molar-refractivity contribution in [3.8, 4) is 23.0 Å². The SMILES string of the molecule is O=c1c(Cc2ccccc2)c(OCc2ccccc2)nc(-c2ccccc2)n1-c1ccccc1. The molecule has 4 nitrogen and oxygen atoms in total. The summed E-state index contributed by atoms with van der Waals surface area (Å²) in [5, 5.41) is 0. The summed E-state index contributed by atoms with van der Waals surface area (Å²) in [6, 6.07) is 39.2. The fourth-order valence-corrected chi connectivity index (χ4v) is 3.93. The van der Waals surface area contributed by atoms with Crippen LogP contribution in [0.25, 0.3) is 17.1 Å². The summed E-state index contributed by atoms with van der Waals surface area (Å²) in [7, 11) is 0. The molecule has 0 aliphatic carbocycles. The number of ether oxygens (including phenoxy) is 1. The van der Waals surface area contributed by atoms with Gasteiger partial charge in [0, 0.05) is 12.0 Å². The van der Waals surface area contributed by atoms with Crippen LogP contribution in [0.3, 0.4) is 0 Å². The van der Waals surface area contributed by atoms with Crippen molar-refractivity contribution in [1.29, 1.82) is 0 Å². The van der Waals surface area contributed by atoms with E-state index in [1.807, 2.05) is 121 Å². The summed E-state index contributed by atoms with van der Waals surface area (Å²) in [6.45, 7) is 0.332. The van der Waals surface area contributed by atoms with E-state index in [4.69, 9.17) is 9.72 Å². The minimum atomic E-state index is -0.132. The molecule has 0 aliphatic heterocycles. The minimum Gasteiger partial charge on any atom is -0.472 e. The number of aromatic nitrogens is 2. The molecule has 4 heteroatoms. The number of nitrogens with zero attached hydrogens (tertiary/aromatic N) is 2. The van der Waals surface area contributed by atoms with Crippen LogP contribution in [0.1, 0.15) is 16.7 Å². The van der Waals surface area contributed by atoms with Gasteiger partial charge in [-0.25, -0.2) is 0 Å². The van der Waals surface area contributed by atoms with Gasteiger partial charge in [-0.05, 0) is 23.3 Å². The predicted molar refractivity (Wildman–Crippen MR) is 135 cm³/mol. The highest BCUT2D eigenvalue weighted by Gasteiger charge is 2.20. The molecule has 5 rings (SSSR count). The molecule has 5 aromatic rings. The third-order valence-corrected chi connectivity index (χ3v) is 5.63. The lowest BCUT2D eigenvalue weighted by molar-refractivity contribution is 0.289. The van der Waals surface area contributed by atoms with Gasteiger partial charge in [0.2, 0.25) is 5.88 Å². The van der Waals surface area contributed by atoms with Crippen molar-refractivity contribution in [3.05, 3.63) is 148 Å². The maximum Gasteiger partial charge on any atom is 0.265 e. The van der Waals surface area contributed by atoms with Crippen molar-refractivity contribution >= 4 is 0 Å². The quantitative estimate of drug-likeness (QED) is 0.306. The first-order valence-corrected chi connectivity index (χ1v) is 11.3. The smallest absolute Gasteiger partial charge is 0.265 e. The average molecular weight is 445 g/mol. The molecule has 1 aromatic heterocycles. The Kier molecular flexibility index (Phi) is 6.30. The van der Waals surface area contributed by atoms with Gasteiger partial charge in [-0.3, -0.25) is 9.36 Å². The van der Waals surface area contributed by atoms with E-state index in [2.05, 4.69) is 0 Å². The second-order valence-electron chi connectivity index (χ2n) is 8.00. The van der Waals surface area contributed by atoms with E-state index in [1.165, 1.54) is 0 Å². The summed E-state index contributed by atoms with van der Waals surface area (Å²) in [4.78, 5) is 19.0. The van der Waals surface area contributed by atoms with Crippen LogP contribution in [0.4, 0.5) is 0 Å². The largest absolute Gasteiger partial charge is 0.472 e. The van der Waals surface area contributed by atoms with Crippen LogP contribution >= 0.6 is 0 Å². The molecule has 0 N–H and O–H groups in total. The van der Waals surface area contributed by atoms with Crippen molar-refractivity contribution < 1.29 is 4.74 Å². The Bertz CT molecular complexity index is 1420. The molecule has 1 heterocycles. The Morgan fingerprint density at radius 2 is 1.18 bits per heavy atom. The van der Waals surface area contributed by atoms with E-state index in [0.29, 0.717) is 30.3 Å². The van der Waals surface area contributed by atoms with E-state index < -0.39 is 0 Å². The van der Waals surface area contributed by atoms with Gasteiger partial charge in [0.1, 0.15) is 6.61 Å². The van der Waals surface area contributed by atoms with Crippen LogP contribution in [-0.4, -0.2) is 9.55 Å². The molecule has 34 heavy (non-hydrogen) atoms. The molecule has 0 fully saturated rings. The second-order valence-corrected chi connectivity index (χ2v) is 8.00. The summed E-state index contributed by atoms with van der Waals surface area (Å²) in [6.07, 6.45) is 0.429. The van der Waals surface area contributed by atoms with Gasteiger partial charge < -0.3 is 4.74 Å². The van der Waals surface area contributed by atoms with E-state index in [-0.39, 0.29) is 5.56 Å². The van der Waals surface area contributed by atoms with E-state index in [0.717, 1.165) is 22.4 Å². The highest BCUT2D eigenvalue weighted by atomic mass is 16.5. The maximum atomic E-state index is 14.0. The lowest BCUT2D eigenvalue weighted by atomic mass is 10.1. The van der Waals surface area contributed by atoms with Crippen LogP contribution in [0.15, 0.2) is 126 Å². The van der Waals surface area contributed by atoms with Crippen molar-refractivity contribution in [2.75, 3.05) is 0 Å². The fraction of sp³-hybridized carbons (Fsp3) is 0.0667. The maximum absolute atomic E-state index is 14.0. The highest BCUT2D eigenvalue weighted by molar-refractivity contribution is 5.60. The van der Waals surface area contributed by atoms with E-state index >= 15 is 0 Å². The van der Waals surface area contributed by atoms with Gasteiger partial charge in [0.15, 0.2) is 5.82 Å². The number of benzene rings is 4. The molecule has 4 aromatic carbocycles. The van der Waals surface area contributed by atoms with Crippen LogP contribution < -0.4 is 10.3 Å². The molecule has 0 spiro atoms. The lowest BCUT2D eigenvalue weighted by Gasteiger charge is -2.18. The summed E-state index contributed by atoms with van der Waals surface area (Å²) >= 11 is 0. The third-order valence-electron chi connectivity index (χ3n) is 5.63. The molecule has 0 aliphatic rings. The van der Waals surface area contributed by atoms with Crippen molar-refractivity contribution in [2.24, 2.45) is 0 Å². The topological polar surface area (TPSA) is 44.1 Å². The Balaban J connectivity index is 1.70. The number of hydrogen-bond acceptors (Lipinski definition) is 3. The van der Waals surface area contributed by atoms with Gasteiger partial charge in [0.25, 0.3) is 5.56 Å². The Labute approximate surface area is 198 Å². The fourth-order valence-electron chi connectivity index (χ4n) is 3.93. The first kappa shape index (κ1) is 21.4. The van der Waals surface area contributed by atoms with Crippen molar-refractivity contribution in [2.45, 2.75) is 13.0 Å². The van der Waals surface area contributed by atoms with Crippen molar-refractivity contribution in [3.63, 3.8) is 0 Å². The zero-order chi connectivity index (χ0) is 23.2. The lowest BCUT2D eigenvalue weighted by Crippen LogP contribution is -2.27. The first-order chi connectivity index (χ1) is 16.8. The zero-order valence-electron chi connectivity index (χ0n) is 18.7. The Hall–Kier alpha value is -4.44. The normalized spacial score (nSPS) is 10.7. The predicted octanol–water partition coefficient (Wildman–Crippen LogP) is 6.07. The van der Waals surface area contributed by atoms with E-state index in [1.54, 1.807) is 4.57 Å². The third kappa shape index (κ3) is 4.66. The van der Waals surface area contributed by atoms with E-state index in [9.17, 15) is 4.79 Å². The second kappa shape index (κ2) is 10.0. The molecule has 0 amide bonds. The Morgan fingerprint density at radius 1 is 0.647 bits per heavy atom. The summed E-state index contributed by atoms with van der Waals surface area (Å²) in [5.41, 5.74) is 4.06. The molecule has 0 bridgehead atoms. The molecule has 0 saturated carbocycles. The number of para-hydroxylation sites is 1. The van der Waals surface area contributed by atoms with Gasteiger partial charge in [0.05, 0.1) is 11.3 Å². The standard InChI is InChI=1S/C30H24N2O2/c33-30-27(21-23-13-5-1-6-14-23)29(34-22-24-15-7-2-8-16-24)31-28(25-17-9-3-10-18-25)32(30)26-19-11-4-12-20-26/h1-20H,21-22H2. The van der Waals surface area contributed by atoms with Gasteiger partial charge in [-0.1, -0.05) is 109 Å². The molecular weight excluding hydrogens is 420 g/mol. The molecule has 0 saturated heterocycles. The molecule has 166 valence electrons. The molecule has 0 radical (unpaired) electrons. The van der Waals surface area contributed by atoms with Crippen LogP contribution in [0.5, 0.6) is 5.88 Å². The summed E-state index contributed by atoms with van der Waals surface area (Å²) < 4.78 is 7.89. The van der Waals surface area contributed by atoms with Crippen LogP contribution in [0.2, 0.25) is 0 Å².